The van der Waals surface area contributed by atoms with Gasteiger partial charge in [-0.2, -0.15) is 0 Å². The molecular weight excluding hydrogens is 465 g/mol. The molecule has 0 amide bonds. The van der Waals surface area contributed by atoms with E-state index in [1.54, 1.807) is 13.8 Å². The van der Waals surface area contributed by atoms with Crippen LogP contribution in [0.1, 0.15) is 26.3 Å². The molecule has 0 aromatic heterocycles. The molecule has 2 N–H and O–H groups in total. The minimum absolute atomic E-state index is 0. The highest BCUT2D eigenvalue weighted by atomic mass is 127. The Morgan fingerprint density at radius 3 is 2.58 bits per heavy atom. The van der Waals surface area contributed by atoms with Gasteiger partial charge in [-0.15, -0.1) is 24.0 Å². The van der Waals surface area contributed by atoms with E-state index in [0.29, 0.717) is 32.0 Å². The van der Waals surface area contributed by atoms with Crippen LogP contribution in [0.15, 0.2) is 35.3 Å². The molecule has 1 heterocycles. The number of nitrogens with zero attached hydrogens (tertiary/aromatic N) is 2. The maximum absolute atomic E-state index is 12.2. The average Bonchev–Trinajstić information content (AvgIpc) is 2.55. The second-order valence-corrected chi connectivity index (χ2v) is 9.78. The molecule has 0 aliphatic carbocycles. The van der Waals surface area contributed by atoms with Crippen molar-refractivity contribution in [2.24, 2.45) is 4.99 Å². The van der Waals surface area contributed by atoms with Crippen LogP contribution in [0.25, 0.3) is 0 Å². The van der Waals surface area contributed by atoms with Crippen LogP contribution < -0.4 is 5.32 Å². The van der Waals surface area contributed by atoms with Crippen molar-refractivity contribution in [3.63, 3.8) is 0 Å². The van der Waals surface area contributed by atoms with Gasteiger partial charge in [-0.1, -0.05) is 30.3 Å². The van der Waals surface area contributed by atoms with Gasteiger partial charge < -0.3 is 15.3 Å². The standard InChI is InChI=1S/C18H29N3O3S.HI/c1-4-19-17(21-10-11-25(23,24)18(2,3)14-21)20-13-16(22)12-15-8-6-5-7-9-15;/h5-9,16,22H,4,10-14H2,1-3H3,(H,19,20);1H. The number of aliphatic hydroxyl groups excluding tert-OH is 1. The number of sulfone groups is 1. The number of nitrogens with one attached hydrogen (secondary N) is 1. The highest BCUT2D eigenvalue weighted by Gasteiger charge is 2.40. The first-order chi connectivity index (χ1) is 11.7. The van der Waals surface area contributed by atoms with Gasteiger partial charge in [0.25, 0.3) is 0 Å². The zero-order chi connectivity index (χ0) is 18.5. The van der Waals surface area contributed by atoms with Crippen molar-refractivity contribution in [1.82, 2.24) is 10.2 Å². The smallest absolute Gasteiger partial charge is 0.194 e. The van der Waals surface area contributed by atoms with Crippen LogP contribution in [-0.2, 0) is 16.3 Å². The molecule has 0 radical (unpaired) electrons. The van der Waals surface area contributed by atoms with Crippen LogP contribution in [0.5, 0.6) is 0 Å². The lowest BCUT2D eigenvalue weighted by atomic mass is 10.1. The van der Waals surface area contributed by atoms with Crippen molar-refractivity contribution >= 4 is 39.8 Å². The van der Waals surface area contributed by atoms with E-state index < -0.39 is 20.7 Å². The first-order valence-corrected chi connectivity index (χ1v) is 10.4. The largest absolute Gasteiger partial charge is 0.391 e. The van der Waals surface area contributed by atoms with E-state index in [9.17, 15) is 13.5 Å². The normalized spacial score (nSPS) is 20.2. The number of hydrogen-bond acceptors (Lipinski definition) is 4. The third-order valence-electron chi connectivity index (χ3n) is 4.44. The van der Waals surface area contributed by atoms with Crippen LogP contribution in [0, 0.1) is 0 Å². The number of benzene rings is 1. The van der Waals surface area contributed by atoms with Gasteiger partial charge in [0.2, 0.25) is 0 Å². The van der Waals surface area contributed by atoms with E-state index in [1.165, 1.54) is 0 Å². The predicted octanol–water partition coefficient (Wildman–Crippen LogP) is 1.68. The Balaban J connectivity index is 0.00000338. The van der Waals surface area contributed by atoms with Crippen molar-refractivity contribution in [1.29, 1.82) is 0 Å². The highest BCUT2D eigenvalue weighted by molar-refractivity contribution is 14.0. The molecule has 0 saturated carbocycles. The summed E-state index contributed by atoms with van der Waals surface area (Å²) in [5, 5.41) is 13.5. The van der Waals surface area contributed by atoms with Crippen molar-refractivity contribution in [2.45, 2.75) is 38.0 Å². The predicted molar refractivity (Wildman–Crippen MR) is 117 cm³/mol. The van der Waals surface area contributed by atoms with Gasteiger partial charge in [-0.05, 0) is 26.3 Å². The monoisotopic (exact) mass is 495 g/mol. The second kappa shape index (κ2) is 9.89. The minimum atomic E-state index is -3.09. The molecule has 2 rings (SSSR count). The number of aliphatic hydroxyl groups is 1. The molecule has 1 unspecified atom stereocenters. The molecule has 1 saturated heterocycles. The molecule has 1 aromatic carbocycles. The van der Waals surface area contributed by atoms with E-state index in [2.05, 4.69) is 10.3 Å². The van der Waals surface area contributed by atoms with Gasteiger partial charge in [0.05, 0.1) is 23.1 Å². The molecule has 1 aliphatic rings. The zero-order valence-electron chi connectivity index (χ0n) is 15.7. The fourth-order valence-electron chi connectivity index (χ4n) is 2.89. The van der Waals surface area contributed by atoms with Crippen LogP contribution in [0.4, 0.5) is 0 Å². The Kier molecular flexibility index (Phi) is 8.81. The van der Waals surface area contributed by atoms with Crippen LogP contribution in [0.2, 0.25) is 0 Å². The number of rotatable bonds is 5. The number of aliphatic imine (C=N–C) groups is 1. The maximum atomic E-state index is 12.2. The lowest BCUT2D eigenvalue weighted by Gasteiger charge is -2.39. The molecule has 0 bridgehead atoms. The number of halogens is 1. The van der Waals surface area contributed by atoms with Gasteiger partial charge in [-0.3, -0.25) is 4.99 Å². The third kappa shape index (κ3) is 6.09. The first kappa shape index (κ1) is 23.2. The summed E-state index contributed by atoms with van der Waals surface area (Å²) in [6.45, 7) is 7.27. The third-order valence-corrected chi connectivity index (χ3v) is 6.98. The van der Waals surface area contributed by atoms with Gasteiger partial charge in [0, 0.05) is 26.1 Å². The Bertz CT molecular complexity index is 693. The molecule has 1 aliphatic heterocycles. The highest BCUT2D eigenvalue weighted by Crippen LogP contribution is 2.23. The van der Waals surface area contributed by atoms with Crippen molar-refractivity contribution in [3.05, 3.63) is 35.9 Å². The summed E-state index contributed by atoms with van der Waals surface area (Å²) in [7, 11) is -3.09. The Morgan fingerprint density at radius 2 is 2.00 bits per heavy atom. The van der Waals surface area contributed by atoms with Gasteiger partial charge in [0.15, 0.2) is 15.8 Å². The molecule has 1 fully saturated rings. The fraction of sp³-hybridized carbons (Fsp3) is 0.611. The summed E-state index contributed by atoms with van der Waals surface area (Å²) in [6.07, 6.45) is -0.0264. The summed E-state index contributed by atoms with van der Waals surface area (Å²) in [4.78, 5) is 6.51. The molecule has 6 nitrogen and oxygen atoms in total. The van der Waals surface area contributed by atoms with Crippen molar-refractivity contribution in [2.75, 3.05) is 31.9 Å². The number of guanidine groups is 1. The summed E-state index contributed by atoms with van der Waals surface area (Å²) in [5.74, 6) is 0.786. The van der Waals surface area contributed by atoms with Crippen LogP contribution in [0.3, 0.4) is 0 Å². The van der Waals surface area contributed by atoms with E-state index in [0.717, 1.165) is 5.56 Å². The van der Waals surface area contributed by atoms with E-state index in [4.69, 9.17) is 0 Å². The van der Waals surface area contributed by atoms with Crippen LogP contribution >= 0.6 is 24.0 Å². The number of hydrogen-bond donors (Lipinski definition) is 2. The summed E-state index contributed by atoms with van der Waals surface area (Å²) >= 11 is 0. The average molecular weight is 495 g/mol. The SMILES string of the molecule is CCNC(=NCC(O)Cc1ccccc1)N1CCS(=O)(=O)C(C)(C)C1.I. The molecule has 148 valence electrons. The zero-order valence-corrected chi connectivity index (χ0v) is 18.8. The Labute approximate surface area is 174 Å². The maximum Gasteiger partial charge on any atom is 0.194 e. The lowest BCUT2D eigenvalue weighted by Crippen LogP contribution is -2.57. The van der Waals surface area contributed by atoms with Gasteiger partial charge >= 0.3 is 0 Å². The molecule has 0 spiro atoms. The Hall–Kier alpha value is -0.870. The van der Waals surface area contributed by atoms with Gasteiger partial charge in [0.1, 0.15) is 0 Å². The molecule has 8 heteroatoms. The minimum Gasteiger partial charge on any atom is -0.391 e. The lowest BCUT2D eigenvalue weighted by molar-refractivity contribution is 0.183. The molecular formula is C18H30IN3O3S. The summed E-state index contributed by atoms with van der Waals surface area (Å²) < 4.78 is 23.5. The van der Waals surface area contributed by atoms with E-state index in [-0.39, 0.29) is 36.3 Å². The Morgan fingerprint density at radius 1 is 1.35 bits per heavy atom. The molecule has 1 atom stereocenters. The summed E-state index contributed by atoms with van der Waals surface area (Å²) in [5.41, 5.74) is 1.07. The van der Waals surface area contributed by atoms with Gasteiger partial charge in [-0.25, -0.2) is 8.42 Å². The van der Waals surface area contributed by atoms with E-state index >= 15 is 0 Å². The molecule has 26 heavy (non-hydrogen) atoms. The van der Waals surface area contributed by atoms with Crippen LogP contribution in [-0.4, -0.2) is 67.2 Å². The quantitative estimate of drug-likeness (QED) is 0.369. The first-order valence-electron chi connectivity index (χ1n) is 8.73. The van der Waals surface area contributed by atoms with Crippen molar-refractivity contribution < 1.29 is 13.5 Å². The molecule has 1 aromatic rings. The second-order valence-electron chi connectivity index (χ2n) is 7.04. The topological polar surface area (TPSA) is 82.0 Å². The van der Waals surface area contributed by atoms with E-state index in [1.807, 2.05) is 42.2 Å². The van der Waals surface area contributed by atoms with Crippen molar-refractivity contribution in [3.8, 4) is 0 Å². The summed E-state index contributed by atoms with van der Waals surface area (Å²) in [6, 6.07) is 9.81. The fourth-order valence-corrected chi connectivity index (χ4v) is 4.26.